The van der Waals surface area contributed by atoms with E-state index in [4.69, 9.17) is 10.7 Å². The van der Waals surface area contributed by atoms with Crippen LogP contribution in [0.2, 0.25) is 0 Å². The molecule has 0 fully saturated rings. The predicted octanol–water partition coefficient (Wildman–Crippen LogP) is 4.01. The van der Waals surface area contributed by atoms with Crippen molar-refractivity contribution in [1.82, 2.24) is 14.5 Å². The van der Waals surface area contributed by atoms with E-state index in [9.17, 15) is 4.79 Å². The molecule has 0 unspecified atom stereocenters. The normalized spacial score (nSPS) is 11.5. The Kier molecular flexibility index (Phi) is 4.38. The summed E-state index contributed by atoms with van der Waals surface area (Å²) < 4.78 is 3.30. The minimum absolute atomic E-state index is 0.0413. The van der Waals surface area contributed by atoms with Gasteiger partial charge in [0.2, 0.25) is 0 Å². The molecule has 0 aliphatic rings. The van der Waals surface area contributed by atoms with Crippen molar-refractivity contribution < 1.29 is 0 Å². The Morgan fingerprint density at radius 1 is 1.19 bits per heavy atom. The van der Waals surface area contributed by atoms with Crippen molar-refractivity contribution in [2.75, 3.05) is 6.54 Å². The highest BCUT2D eigenvalue weighted by molar-refractivity contribution is 9.10. The molecular formula is C19H17BrN4OS. The number of aryl methyl sites for hydroxylation is 2. The van der Waals surface area contributed by atoms with Crippen LogP contribution >= 0.6 is 27.3 Å². The zero-order valence-corrected chi connectivity index (χ0v) is 16.8. The summed E-state index contributed by atoms with van der Waals surface area (Å²) in [6.07, 6.45) is 0. The molecule has 0 amide bonds. The summed E-state index contributed by atoms with van der Waals surface area (Å²) in [4.78, 5) is 23.2. The van der Waals surface area contributed by atoms with Gasteiger partial charge in [-0.2, -0.15) is 0 Å². The Balaban J connectivity index is 2.12. The Labute approximate surface area is 162 Å². The summed E-state index contributed by atoms with van der Waals surface area (Å²) in [5, 5.41) is 0.943. The summed E-state index contributed by atoms with van der Waals surface area (Å²) in [5.41, 5.74) is 9.38. The molecule has 4 aromatic rings. The first-order chi connectivity index (χ1) is 12.5. The number of benzene rings is 1. The number of hydrogen-bond donors (Lipinski definition) is 1. The number of nitrogens with two attached hydrogens (primary N) is 1. The molecule has 7 heteroatoms. The third-order valence-corrected chi connectivity index (χ3v) is 5.97. The second kappa shape index (κ2) is 6.57. The number of pyridine rings is 1. The number of aromatic nitrogens is 3. The molecule has 0 saturated carbocycles. The van der Waals surface area contributed by atoms with Crippen LogP contribution in [0.5, 0.6) is 0 Å². The molecule has 0 saturated heterocycles. The van der Waals surface area contributed by atoms with E-state index in [0.717, 1.165) is 37.0 Å². The second-order valence-corrected chi connectivity index (χ2v) is 8.10. The molecule has 0 spiro atoms. The first-order valence-corrected chi connectivity index (χ1v) is 9.88. The molecule has 0 atom stereocenters. The number of halogens is 1. The van der Waals surface area contributed by atoms with Crippen LogP contribution < -0.4 is 11.3 Å². The molecule has 132 valence electrons. The lowest BCUT2D eigenvalue weighted by Crippen LogP contribution is -2.26. The average molecular weight is 429 g/mol. The van der Waals surface area contributed by atoms with Crippen molar-refractivity contribution in [2.24, 2.45) is 5.73 Å². The summed E-state index contributed by atoms with van der Waals surface area (Å²) >= 11 is 4.89. The minimum Gasteiger partial charge on any atom is -0.329 e. The van der Waals surface area contributed by atoms with Crippen molar-refractivity contribution in [3.8, 4) is 11.1 Å². The summed E-state index contributed by atoms with van der Waals surface area (Å²) in [6, 6.07) is 10.2. The number of hydrogen-bond acceptors (Lipinski definition) is 5. The largest absolute Gasteiger partial charge is 0.329 e. The molecule has 1 aromatic carbocycles. The highest BCUT2D eigenvalue weighted by atomic mass is 79.9. The molecule has 4 rings (SSSR count). The van der Waals surface area contributed by atoms with E-state index in [1.807, 2.05) is 26.0 Å². The van der Waals surface area contributed by atoms with Crippen molar-refractivity contribution >= 4 is 47.7 Å². The standard InChI is InChI=1S/C19H17BrN4OS/c1-10-9-14(12-3-5-13(20)6-4-12)15-16-17(26-18(15)22-10)19(25)24(8-7-21)11(2)23-16/h3-6,9H,7-8,21H2,1-2H3. The van der Waals surface area contributed by atoms with Gasteiger partial charge in [-0.25, -0.2) is 9.97 Å². The van der Waals surface area contributed by atoms with E-state index in [0.29, 0.717) is 23.6 Å². The minimum atomic E-state index is -0.0413. The lowest BCUT2D eigenvalue weighted by molar-refractivity contribution is 0.649. The maximum absolute atomic E-state index is 12.9. The maximum Gasteiger partial charge on any atom is 0.271 e. The molecule has 3 heterocycles. The first kappa shape index (κ1) is 17.3. The summed E-state index contributed by atoms with van der Waals surface area (Å²) in [5.74, 6) is 0.676. The smallest absolute Gasteiger partial charge is 0.271 e. The summed E-state index contributed by atoms with van der Waals surface area (Å²) in [7, 11) is 0. The number of thiophene rings is 1. The van der Waals surface area contributed by atoms with Gasteiger partial charge in [-0.15, -0.1) is 11.3 Å². The quantitative estimate of drug-likeness (QED) is 0.534. The fourth-order valence-electron chi connectivity index (χ4n) is 3.20. The monoisotopic (exact) mass is 428 g/mol. The third kappa shape index (κ3) is 2.76. The Morgan fingerprint density at radius 3 is 2.62 bits per heavy atom. The van der Waals surface area contributed by atoms with Crippen LogP contribution in [0.15, 0.2) is 39.6 Å². The van der Waals surface area contributed by atoms with E-state index in [-0.39, 0.29) is 5.56 Å². The van der Waals surface area contributed by atoms with E-state index in [1.54, 1.807) is 4.57 Å². The zero-order valence-electron chi connectivity index (χ0n) is 14.4. The van der Waals surface area contributed by atoms with Gasteiger partial charge in [0.1, 0.15) is 15.4 Å². The van der Waals surface area contributed by atoms with Crippen LogP contribution in [0.4, 0.5) is 0 Å². The average Bonchev–Trinajstić information content (AvgIpc) is 2.97. The number of rotatable bonds is 3. The predicted molar refractivity (Wildman–Crippen MR) is 111 cm³/mol. The molecule has 0 aliphatic heterocycles. The molecule has 0 radical (unpaired) electrons. The number of nitrogens with zero attached hydrogens (tertiary/aromatic N) is 3. The van der Waals surface area contributed by atoms with Crippen molar-refractivity contribution in [3.63, 3.8) is 0 Å². The van der Waals surface area contributed by atoms with E-state index in [2.05, 4.69) is 39.1 Å². The van der Waals surface area contributed by atoms with Gasteiger partial charge >= 0.3 is 0 Å². The van der Waals surface area contributed by atoms with Crippen LogP contribution in [-0.2, 0) is 6.54 Å². The van der Waals surface area contributed by atoms with Crippen LogP contribution in [0.25, 0.3) is 31.6 Å². The molecular weight excluding hydrogens is 412 g/mol. The van der Waals surface area contributed by atoms with E-state index < -0.39 is 0 Å². The Hall–Kier alpha value is -2.09. The van der Waals surface area contributed by atoms with Crippen LogP contribution in [0, 0.1) is 13.8 Å². The fourth-order valence-corrected chi connectivity index (χ4v) is 4.60. The van der Waals surface area contributed by atoms with Gasteiger partial charge in [-0.1, -0.05) is 28.1 Å². The van der Waals surface area contributed by atoms with Crippen molar-refractivity contribution in [1.29, 1.82) is 0 Å². The van der Waals surface area contributed by atoms with E-state index >= 15 is 0 Å². The first-order valence-electron chi connectivity index (χ1n) is 8.27. The maximum atomic E-state index is 12.9. The highest BCUT2D eigenvalue weighted by Gasteiger charge is 2.18. The molecule has 0 aliphatic carbocycles. The molecule has 0 bridgehead atoms. The van der Waals surface area contributed by atoms with Gasteiger partial charge in [0.15, 0.2) is 0 Å². The van der Waals surface area contributed by atoms with E-state index in [1.165, 1.54) is 11.3 Å². The van der Waals surface area contributed by atoms with Gasteiger partial charge in [-0.3, -0.25) is 9.36 Å². The van der Waals surface area contributed by atoms with Gasteiger partial charge in [-0.05, 0) is 43.2 Å². The molecule has 26 heavy (non-hydrogen) atoms. The van der Waals surface area contributed by atoms with Crippen LogP contribution in [-0.4, -0.2) is 21.1 Å². The van der Waals surface area contributed by atoms with Gasteiger partial charge < -0.3 is 5.73 Å². The van der Waals surface area contributed by atoms with Gasteiger partial charge in [0.25, 0.3) is 5.56 Å². The van der Waals surface area contributed by atoms with Crippen molar-refractivity contribution in [2.45, 2.75) is 20.4 Å². The lowest BCUT2D eigenvalue weighted by atomic mass is 10.0. The topological polar surface area (TPSA) is 73.8 Å². The summed E-state index contributed by atoms with van der Waals surface area (Å²) in [6.45, 7) is 4.69. The molecule has 3 aromatic heterocycles. The molecule has 2 N–H and O–H groups in total. The zero-order chi connectivity index (χ0) is 18.4. The van der Waals surface area contributed by atoms with Crippen molar-refractivity contribution in [3.05, 3.63) is 56.7 Å². The number of fused-ring (bicyclic) bond motifs is 3. The highest BCUT2D eigenvalue weighted by Crippen LogP contribution is 2.37. The SMILES string of the molecule is Cc1cc(-c2ccc(Br)cc2)c2c(n1)sc1c(=O)n(CCN)c(C)nc12. The second-order valence-electron chi connectivity index (χ2n) is 6.18. The molecule has 5 nitrogen and oxygen atoms in total. The fraction of sp³-hybridized carbons (Fsp3) is 0.211. The Bertz CT molecular complexity index is 1190. The van der Waals surface area contributed by atoms with Crippen LogP contribution in [0.3, 0.4) is 0 Å². The van der Waals surface area contributed by atoms with Gasteiger partial charge in [0, 0.05) is 28.6 Å². The van der Waals surface area contributed by atoms with Gasteiger partial charge in [0.05, 0.1) is 5.52 Å². The van der Waals surface area contributed by atoms with Crippen LogP contribution in [0.1, 0.15) is 11.5 Å². The lowest BCUT2D eigenvalue weighted by Gasteiger charge is -2.09. The third-order valence-electron chi connectivity index (χ3n) is 4.38. The Morgan fingerprint density at radius 2 is 1.92 bits per heavy atom.